The zero-order valence-electron chi connectivity index (χ0n) is 16.5. The molecular weight excluding hydrogens is 462 g/mol. The molecule has 2 aliphatic rings. The van der Waals surface area contributed by atoms with Gasteiger partial charge in [-0.05, 0) is 37.7 Å². The van der Waals surface area contributed by atoms with Gasteiger partial charge in [0, 0.05) is 18.7 Å². The summed E-state index contributed by atoms with van der Waals surface area (Å²) in [4.78, 5) is 22.8. The number of nitrogens with zero attached hydrogens (tertiary/aromatic N) is 1. The lowest BCUT2D eigenvalue weighted by molar-refractivity contribution is -0.124. The average molecular weight is 489 g/mol. The number of amides is 2. The number of hydrogen-bond donors (Lipinski definition) is 1. The Balaban J connectivity index is 1.55. The number of aliphatic hydroxyl groups is 1. The molecule has 2 fully saturated rings. The molecule has 1 saturated carbocycles. The van der Waals surface area contributed by atoms with E-state index in [0.29, 0.717) is 30.3 Å². The number of benzene rings is 1. The predicted octanol–water partition coefficient (Wildman–Crippen LogP) is 4.35. The maximum absolute atomic E-state index is 12.0. The molecule has 1 heterocycles. The lowest BCUT2D eigenvalue weighted by atomic mass is 9.71. The number of aryl methyl sites for hydroxylation is 1. The molecule has 8 heteroatoms. The lowest BCUT2D eigenvalue weighted by Crippen LogP contribution is -2.61. The third-order valence-corrected chi connectivity index (χ3v) is 7.68. The molecule has 2 amide bonds. The van der Waals surface area contributed by atoms with Crippen LogP contribution in [0.5, 0.6) is 0 Å². The summed E-state index contributed by atoms with van der Waals surface area (Å²) in [5.74, 6) is -0.616. The summed E-state index contributed by atoms with van der Waals surface area (Å²) >= 11 is 9.21. The van der Waals surface area contributed by atoms with Gasteiger partial charge in [-0.15, -0.1) is 0 Å². The monoisotopic (exact) mass is 487 g/mol. The van der Waals surface area contributed by atoms with Gasteiger partial charge in [-0.1, -0.05) is 59.1 Å². The fourth-order valence-corrected chi connectivity index (χ4v) is 5.17. The minimum absolute atomic E-state index is 0.417. The highest BCUT2D eigenvalue weighted by Crippen LogP contribution is 2.53. The van der Waals surface area contributed by atoms with Gasteiger partial charge in [0.05, 0.1) is 11.4 Å². The first-order valence-electron chi connectivity index (χ1n) is 10.0. The van der Waals surface area contributed by atoms with Crippen LogP contribution < -0.4 is 0 Å². The maximum Gasteiger partial charge on any atom is 0.432 e. The van der Waals surface area contributed by atoms with E-state index in [1.54, 1.807) is 0 Å². The number of ether oxygens (including phenoxy) is 2. The van der Waals surface area contributed by atoms with Crippen LogP contribution in [-0.2, 0) is 20.7 Å². The van der Waals surface area contributed by atoms with Crippen LogP contribution in [0.3, 0.4) is 0 Å². The molecule has 3 rings (SSSR count). The molecule has 1 N–H and O–H groups in total. The molecule has 0 bridgehead atoms. The number of carbonyl (C=O) groups is 2. The molecule has 160 valence electrons. The summed E-state index contributed by atoms with van der Waals surface area (Å²) in [6.45, 7) is 1.69. The zero-order valence-corrected chi connectivity index (χ0v) is 18.8. The molecule has 29 heavy (non-hydrogen) atoms. The number of alkyl halides is 1. The minimum Gasteiger partial charge on any atom is -0.444 e. The number of rotatable bonds is 7. The quantitative estimate of drug-likeness (QED) is 0.267. The van der Waals surface area contributed by atoms with E-state index >= 15 is 0 Å². The SMILES string of the molecule is CC(=O)N(Cl)C(=O)O[C@@H]1CCC2(CO2)C(O)(CCCCCc2ccccc2)C1Br. The summed E-state index contributed by atoms with van der Waals surface area (Å²) in [5.41, 5.74) is -0.409. The Hall–Kier alpha value is -1.15. The van der Waals surface area contributed by atoms with Crippen molar-refractivity contribution in [2.24, 2.45) is 0 Å². The van der Waals surface area contributed by atoms with Crippen molar-refractivity contribution >= 4 is 39.7 Å². The molecule has 1 spiro atoms. The summed E-state index contributed by atoms with van der Waals surface area (Å²) in [6, 6.07) is 10.3. The van der Waals surface area contributed by atoms with E-state index in [-0.39, 0.29) is 0 Å². The van der Waals surface area contributed by atoms with Crippen LogP contribution in [0.25, 0.3) is 0 Å². The molecule has 6 nitrogen and oxygen atoms in total. The molecule has 1 aliphatic heterocycles. The molecule has 4 atom stereocenters. The van der Waals surface area contributed by atoms with Gasteiger partial charge in [0.25, 0.3) is 0 Å². The van der Waals surface area contributed by atoms with Crippen LogP contribution >= 0.6 is 27.7 Å². The molecule has 1 aliphatic carbocycles. The minimum atomic E-state index is -1.14. The number of carbonyl (C=O) groups excluding carboxylic acids is 2. The zero-order chi connectivity index (χ0) is 21.1. The van der Waals surface area contributed by atoms with Crippen molar-refractivity contribution in [2.45, 2.75) is 74.0 Å². The fourth-order valence-electron chi connectivity index (χ4n) is 4.11. The van der Waals surface area contributed by atoms with E-state index < -0.39 is 34.1 Å². The summed E-state index contributed by atoms with van der Waals surface area (Å²) in [6.07, 6.45) is 4.02. The average Bonchev–Trinajstić information content (AvgIpc) is 3.50. The highest BCUT2D eigenvalue weighted by molar-refractivity contribution is 9.09. The smallest absolute Gasteiger partial charge is 0.432 e. The van der Waals surface area contributed by atoms with E-state index in [9.17, 15) is 14.7 Å². The summed E-state index contributed by atoms with van der Waals surface area (Å²) in [7, 11) is 0. The van der Waals surface area contributed by atoms with Gasteiger partial charge < -0.3 is 14.6 Å². The largest absolute Gasteiger partial charge is 0.444 e. The first kappa shape index (κ1) is 22.5. The summed E-state index contributed by atoms with van der Waals surface area (Å²) in [5, 5.41) is 11.5. The van der Waals surface area contributed by atoms with Gasteiger partial charge in [0.2, 0.25) is 5.91 Å². The van der Waals surface area contributed by atoms with Crippen molar-refractivity contribution in [3.8, 4) is 0 Å². The van der Waals surface area contributed by atoms with Crippen molar-refractivity contribution in [2.75, 3.05) is 6.61 Å². The van der Waals surface area contributed by atoms with Crippen molar-refractivity contribution in [1.29, 1.82) is 0 Å². The van der Waals surface area contributed by atoms with E-state index in [1.165, 1.54) is 12.5 Å². The number of hydrogen-bond acceptors (Lipinski definition) is 5. The molecule has 1 aromatic carbocycles. The molecule has 0 radical (unpaired) electrons. The number of imide groups is 1. The van der Waals surface area contributed by atoms with Crippen molar-refractivity contribution in [3.05, 3.63) is 35.9 Å². The Morgan fingerprint density at radius 3 is 2.62 bits per heavy atom. The van der Waals surface area contributed by atoms with E-state index in [1.807, 2.05) is 18.2 Å². The Kier molecular flexibility index (Phi) is 7.25. The van der Waals surface area contributed by atoms with E-state index in [2.05, 4.69) is 28.1 Å². The third kappa shape index (κ3) is 4.95. The second kappa shape index (κ2) is 9.33. The van der Waals surface area contributed by atoms with Crippen molar-refractivity contribution < 1.29 is 24.2 Å². The Morgan fingerprint density at radius 2 is 2.00 bits per heavy atom. The molecule has 1 saturated heterocycles. The van der Waals surface area contributed by atoms with Crippen LogP contribution in [-0.4, -0.2) is 50.3 Å². The third-order valence-electron chi connectivity index (χ3n) is 5.95. The topological polar surface area (TPSA) is 79.4 Å². The summed E-state index contributed by atoms with van der Waals surface area (Å²) < 4.78 is 11.5. The first-order valence-corrected chi connectivity index (χ1v) is 11.3. The molecule has 3 unspecified atom stereocenters. The predicted molar refractivity (Wildman–Crippen MR) is 113 cm³/mol. The van der Waals surface area contributed by atoms with Crippen LogP contribution in [0.2, 0.25) is 0 Å². The van der Waals surface area contributed by atoms with Gasteiger partial charge in [-0.25, -0.2) is 4.79 Å². The second-order valence-electron chi connectivity index (χ2n) is 7.92. The van der Waals surface area contributed by atoms with E-state index in [4.69, 9.17) is 21.3 Å². The second-order valence-corrected chi connectivity index (χ2v) is 9.24. The highest BCUT2D eigenvalue weighted by atomic mass is 79.9. The van der Waals surface area contributed by atoms with Gasteiger partial charge in [0.1, 0.15) is 17.3 Å². The maximum atomic E-state index is 12.0. The van der Waals surface area contributed by atoms with E-state index in [0.717, 1.165) is 25.7 Å². The first-order chi connectivity index (χ1) is 13.8. The van der Waals surface area contributed by atoms with Crippen LogP contribution in [0.15, 0.2) is 30.3 Å². The van der Waals surface area contributed by atoms with Gasteiger partial charge in [0.15, 0.2) is 0 Å². The van der Waals surface area contributed by atoms with Crippen LogP contribution in [0, 0.1) is 0 Å². The Bertz CT molecular complexity index is 729. The standard InChI is InChI=1S/C21H27BrClNO5/c1-15(25)24(23)19(26)29-17-11-13-20(14-28-20)21(27,18(17)22)12-7-3-6-10-16-8-4-2-5-9-16/h2,4-5,8-9,17-18,27H,3,6-7,10-14H2,1H3/t17-,18?,20?,21?/m1/s1. The van der Waals surface area contributed by atoms with Crippen LogP contribution in [0.1, 0.15) is 51.0 Å². The molecule has 1 aromatic rings. The Morgan fingerprint density at radius 1 is 1.31 bits per heavy atom. The molecular formula is C21H27BrClNO5. The molecule has 0 aromatic heterocycles. The highest BCUT2D eigenvalue weighted by Gasteiger charge is 2.67. The fraction of sp³-hybridized carbons (Fsp3) is 0.619. The number of unbranched alkanes of at least 4 members (excludes halogenated alkanes) is 2. The van der Waals surface area contributed by atoms with Crippen molar-refractivity contribution in [3.63, 3.8) is 0 Å². The van der Waals surface area contributed by atoms with Gasteiger partial charge in [-0.3, -0.25) is 4.79 Å². The Labute approximate surface area is 184 Å². The number of halogens is 2. The van der Waals surface area contributed by atoms with Gasteiger partial charge >= 0.3 is 6.09 Å². The van der Waals surface area contributed by atoms with Crippen LogP contribution in [0.4, 0.5) is 4.79 Å². The normalized spacial score (nSPS) is 30.8. The van der Waals surface area contributed by atoms with Crippen molar-refractivity contribution in [1.82, 2.24) is 4.42 Å². The lowest BCUT2D eigenvalue weighted by Gasteiger charge is -2.45. The van der Waals surface area contributed by atoms with Gasteiger partial charge in [-0.2, -0.15) is 4.42 Å². The number of epoxide rings is 1.